The van der Waals surface area contributed by atoms with E-state index in [9.17, 15) is 14.4 Å². The van der Waals surface area contributed by atoms with Gasteiger partial charge < -0.3 is 20.7 Å². The van der Waals surface area contributed by atoms with E-state index in [2.05, 4.69) is 15.3 Å². The Kier molecular flexibility index (Phi) is 6.81. The van der Waals surface area contributed by atoms with Crippen LogP contribution in [-0.4, -0.2) is 60.6 Å². The molecule has 0 spiro atoms. The molecule has 3 rings (SSSR count). The van der Waals surface area contributed by atoms with E-state index in [0.29, 0.717) is 26.0 Å². The SMILES string of the molecule is CCOC(=O)[C@@H]1[C@@H]2CC[C@H](NC(=O)C(N)=NC=NCc3ccccc3)C(=O)N(C)[C@@H]21.[HH]. The normalized spacial score (nSPS) is 26.1. The smallest absolute Gasteiger partial charge is 0.311 e. The van der Waals surface area contributed by atoms with Crippen molar-refractivity contribution in [3.8, 4) is 0 Å². The maximum absolute atomic E-state index is 12.7. The summed E-state index contributed by atoms with van der Waals surface area (Å²) in [6.45, 7) is 2.50. The topological polar surface area (TPSA) is 126 Å². The molecule has 1 aromatic rings. The van der Waals surface area contributed by atoms with E-state index in [1.54, 1.807) is 18.9 Å². The van der Waals surface area contributed by atoms with Crippen LogP contribution in [0.15, 0.2) is 40.3 Å². The second-order valence-electron chi connectivity index (χ2n) is 7.44. The highest BCUT2D eigenvalue weighted by molar-refractivity contribution is 6.38. The van der Waals surface area contributed by atoms with E-state index in [4.69, 9.17) is 10.5 Å². The van der Waals surface area contributed by atoms with E-state index < -0.39 is 11.9 Å². The summed E-state index contributed by atoms with van der Waals surface area (Å²) < 4.78 is 5.09. The number of nitrogens with zero attached hydrogens (tertiary/aromatic N) is 3. The molecule has 3 N–H and O–H groups in total. The molecule has 1 saturated carbocycles. The monoisotopic (exact) mass is 415 g/mol. The number of aliphatic imine (C=N–C) groups is 2. The lowest BCUT2D eigenvalue weighted by atomic mass is 10.1. The largest absolute Gasteiger partial charge is 0.466 e. The number of hydrogen-bond donors (Lipinski definition) is 2. The predicted molar refractivity (Wildman–Crippen MR) is 114 cm³/mol. The summed E-state index contributed by atoms with van der Waals surface area (Å²) in [7, 11) is 1.65. The fourth-order valence-corrected chi connectivity index (χ4v) is 3.92. The second-order valence-corrected chi connectivity index (χ2v) is 7.44. The van der Waals surface area contributed by atoms with Crippen LogP contribution >= 0.6 is 0 Å². The van der Waals surface area contributed by atoms with Crippen molar-refractivity contribution in [1.29, 1.82) is 0 Å². The third-order valence-corrected chi connectivity index (χ3v) is 5.50. The fraction of sp³-hybridized carbons (Fsp3) is 0.476. The van der Waals surface area contributed by atoms with Crippen LogP contribution < -0.4 is 11.1 Å². The predicted octanol–water partition coefficient (Wildman–Crippen LogP) is 0.733. The Hall–Kier alpha value is -3.23. The number of ether oxygens (including phenoxy) is 1. The van der Waals surface area contributed by atoms with E-state index >= 15 is 0 Å². The molecule has 4 atom stereocenters. The lowest BCUT2D eigenvalue weighted by Gasteiger charge is -2.23. The van der Waals surface area contributed by atoms with Gasteiger partial charge in [-0.2, -0.15) is 0 Å². The van der Waals surface area contributed by atoms with Crippen LogP contribution in [0, 0.1) is 11.8 Å². The number of amidine groups is 1. The molecule has 162 valence electrons. The standard InChI is InChI=1S/C21H27N5O4.H2/c1-3-30-21(29)16-14-9-10-15(20(28)26(2)17(14)16)25-19(27)18(22)24-12-23-11-13-7-5-4-6-8-13;/h4-8,12,14-17H,3,9-11H2,1-2H3,(H,25,27)(H2,22,23,24);1H/t14-,15-,16+,17-;/m0./s1. The maximum atomic E-state index is 12.7. The number of likely N-dealkylation sites (tertiary alicyclic amines) is 1. The second kappa shape index (κ2) is 9.51. The average molecular weight is 415 g/mol. The lowest BCUT2D eigenvalue weighted by Crippen LogP contribution is -2.50. The first kappa shape index (κ1) is 21.5. The van der Waals surface area contributed by atoms with Gasteiger partial charge >= 0.3 is 5.97 Å². The first-order valence-electron chi connectivity index (χ1n) is 10.0. The van der Waals surface area contributed by atoms with Crippen molar-refractivity contribution in [2.45, 2.75) is 38.4 Å². The van der Waals surface area contributed by atoms with E-state index in [1.165, 1.54) is 6.34 Å². The van der Waals surface area contributed by atoms with Crippen molar-refractivity contribution < 1.29 is 20.5 Å². The van der Waals surface area contributed by atoms with Gasteiger partial charge in [-0.05, 0) is 31.2 Å². The van der Waals surface area contributed by atoms with Gasteiger partial charge in [-0.1, -0.05) is 30.3 Å². The van der Waals surface area contributed by atoms with Crippen LogP contribution in [0.3, 0.4) is 0 Å². The molecule has 1 aromatic carbocycles. The summed E-state index contributed by atoms with van der Waals surface area (Å²) in [5, 5.41) is 2.64. The third kappa shape index (κ3) is 4.84. The summed E-state index contributed by atoms with van der Waals surface area (Å²) in [6, 6.07) is 8.73. The number of nitrogens with one attached hydrogen (secondary N) is 1. The zero-order valence-corrected chi connectivity index (χ0v) is 17.2. The van der Waals surface area contributed by atoms with Gasteiger partial charge in [-0.25, -0.2) is 4.99 Å². The number of hydrogen-bond acceptors (Lipinski definition) is 5. The van der Waals surface area contributed by atoms with Crippen molar-refractivity contribution in [2.75, 3.05) is 13.7 Å². The molecule has 9 nitrogen and oxygen atoms in total. The zero-order chi connectivity index (χ0) is 21.7. The van der Waals surface area contributed by atoms with Gasteiger partial charge in [0.25, 0.3) is 5.91 Å². The maximum Gasteiger partial charge on any atom is 0.311 e. The van der Waals surface area contributed by atoms with Gasteiger partial charge in [0, 0.05) is 14.5 Å². The number of nitrogens with two attached hydrogens (primary N) is 1. The van der Waals surface area contributed by atoms with Crippen LogP contribution in [0.1, 0.15) is 26.8 Å². The molecule has 0 unspecified atom stereocenters. The quantitative estimate of drug-likeness (QED) is 0.402. The molecular weight excluding hydrogens is 386 g/mol. The highest BCUT2D eigenvalue weighted by Crippen LogP contribution is 2.48. The van der Waals surface area contributed by atoms with Crippen molar-refractivity contribution in [1.82, 2.24) is 10.2 Å². The molecule has 30 heavy (non-hydrogen) atoms. The van der Waals surface area contributed by atoms with Crippen molar-refractivity contribution in [3.63, 3.8) is 0 Å². The zero-order valence-electron chi connectivity index (χ0n) is 17.2. The Morgan fingerprint density at radius 3 is 2.77 bits per heavy atom. The van der Waals surface area contributed by atoms with Gasteiger partial charge in [0.2, 0.25) is 5.91 Å². The van der Waals surface area contributed by atoms with Crippen molar-refractivity contribution in [3.05, 3.63) is 35.9 Å². The van der Waals surface area contributed by atoms with Gasteiger partial charge in [0.1, 0.15) is 12.4 Å². The minimum absolute atomic E-state index is 0. The van der Waals surface area contributed by atoms with Gasteiger partial charge in [0.15, 0.2) is 5.84 Å². The number of amides is 2. The highest BCUT2D eigenvalue weighted by Gasteiger charge is 2.60. The van der Waals surface area contributed by atoms with E-state index in [-0.39, 0.29) is 37.0 Å². The van der Waals surface area contributed by atoms with Crippen LogP contribution in [0.2, 0.25) is 0 Å². The summed E-state index contributed by atoms with van der Waals surface area (Å²) in [5.74, 6) is -1.60. The minimum Gasteiger partial charge on any atom is -0.466 e. The fourth-order valence-electron chi connectivity index (χ4n) is 3.92. The Bertz CT molecular complexity index is 861. The Balaban J connectivity index is 0.00000341. The molecule has 0 radical (unpaired) electrons. The first-order valence-corrected chi connectivity index (χ1v) is 10.0. The van der Waals surface area contributed by atoms with Crippen LogP contribution in [0.25, 0.3) is 0 Å². The van der Waals surface area contributed by atoms with Crippen LogP contribution in [0.4, 0.5) is 0 Å². The molecule has 1 saturated heterocycles. The number of carbonyl (C=O) groups excluding carboxylic acids is 3. The Morgan fingerprint density at radius 1 is 1.33 bits per heavy atom. The average Bonchev–Trinajstić information content (AvgIpc) is 3.49. The van der Waals surface area contributed by atoms with Crippen LogP contribution in [-0.2, 0) is 25.7 Å². The van der Waals surface area contributed by atoms with E-state index in [0.717, 1.165) is 5.56 Å². The molecule has 9 heteroatoms. The summed E-state index contributed by atoms with van der Waals surface area (Å²) in [4.78, 5) is 46.6. The number of fused-ring (bicyclic) bond motifs is 1. The minimum atomic E-state index is -0.701. The molecule has 1 aliphatic carbocycles. The van der Waals surface area contributed by atoms with Gasteiger partial charge in [0.05, 0.1) is 19.1 Å². The van der Waals surface area contributed by atoms with Gasteiger partial charge in [-0.15, -0.1) is 0 Å². The molecule has 1 aliphatic heterocycles. The number of esters is 1. The third-order valence-electron chi connectivity index (χ3n) is 5.50. The Labute approximate surface area is 176 Å². The first-order chi connectivity index (χ1) is 14.4. The molecule has 0 bridgehead atoms. The molecule has 0 aromatic heterocycles. The Morgan fingerprint density at radius 2 is 2.07 bits per heavy atom. The van der Waals surface area contributed by atoms with E-state index in [1.807, 2.05) is 30.3 Å². The summed E-state index contributed by atoms with van der Waals surface area (Å²) in [6.07, 6.45) is 2.31. The van der Waals surface area contributed by atoms with Gasteiger partial charge in [-0.3, -0.25) is 19.4 Å². The van der Waals surface area contributed by atoms with Crippen molar-refractivity contribution in [2.24, 2.45) is 27.6 Å². The number of rotatable bonds is 6. The number of likely N-dealkylation sites (N-methyl/N-ethyl adjacent to an activating group) is 1. The molecule has 2 amide bonds. The summed E-state index contributed by atoms with van der Waals surface area (Å²) in [5.41, 5.74) is 6.74. The molecule has 1 heterocycles. The summed E-state index contributed by atoms with van der Waals surface area (Å²) >= 11 is 0. The molecule has 2 aliphatic rings. The van der Waals surface area contributed by atoms with Crippen molar-refractivity contribution >= 4 is 30.0 Å². The number of benzene rings is 1. The number of carbonyl (C=O) groups is 3. The highest BCUT2D eigenvalue weighted by atomic mass is 16.5. The molecule has 2 fully saturated rings. The lowest BCUT2D eigenvalue weighted by molar-refractivity contribution is -0.146. The molecular formula is C21H29N5O4. The van der Waals surface area contributed by atoms with Crippen LogP contribution in [0.5, 0.6) is 0 Å².